The molecule has 1 saturated heterocycles. The van der Waals surface area contributed by atoms with Crippen LogP contribution in [-0.2, 0) is 9.53 Å². The highest BCUT2D eigenvalue weighted by atomic mass is 16.5. The van der Waals surface area contributed by atoms with E-state index >= 15 is 0 Å². The number of rotatable bonds is 6. The summed E-state index contributed by atoms with van der Waals surface area (Å²) in [5.41, 5.74) is 0. The molecule has 1 aliphatic heterocycles. The van der Waals surface area contributed by atoms with Crippen molar-refractivity contribution in [3.05, 3.63) is 0 Å². The molecule has 3 heteroatoms. The molecule has 0 aromatic carbocycles. The highest BCUT2D eigenvalue weighted by Gasteiger charge is 2.17. The average Bonchev–Trinajstić information content (AvgIpc) is 2.28. The van der Waals surface area contributed by atoms with Gasteiger partial charge in [0.2, 0.25) is 0 Å². The Labute approximate surface area is 98.9 Å². The molecule has 3 nitrogen and oxygen atoms in total. The van der Waals surface area contributed by atoms with E-state index in [4.69, 9.17) is 4.74 Å². The summed E-state index contributed by atoms with van der Waals surface area (Å²) in [5, 5.41) is 3.30. The van der Waals surface area contributed by atoms with Crippen LogP contribution >= 0.6 is 0 Å². The lowest BCUT2D eigenvalue weighted by Gasteiger charge is -2.21. The van der Waals surface area contributed by atoms with Gasteiger partial charge in [0.25, 0.3) is 0 Å². The zero-order valence-electron chi connectivity index (χ0n) is 10.6. The van der Waals surface area contributed by atoms with Gasteiger partial charge in [-0.1, -0.05) is 20.3 Å². The molecule has 0 amide bonds. The standard InChI is InChI=1S/C13H25NO2/c1-3-4-11(2)10-16-13(15)9-12-5-7-14-8-6-12/h11-12,14H,3-10H2,1-2H3. The Kier molecular flexibility index (Phi) is 6.46. The Morgan fingerprint density at radius 1 is 1.44 bits per heavy atom. The largest absolute Gasteiger partial charge is 0.465 e. The van der Waals surface area contributed by atoms with Gasteiger partial charge in [-0.15, -0.1) is 0 Å². The molecule has 16 heavy (non-hydrogen) atoms. The zero-order chi connectivity index (χ0) is 11.8. The van der Waals surface area contributed by atoms with Crippen molar-refractivity contribution in [1.82, 2.24) is 5.32 Å². The van der Waals surface area contributed by atoms with E-state index in [1.807, 2.05) is 0 Å². The molecule has 0 spiro atoms. The van der Waals surface area contributed by atoms with Gasteiger partial charge in [0.1, 0.15) is 0 Å². The van der Waals surface area contributed by atoms with Crippen LogP contribution in [0.4, 0.5) is 0 Å². The Morgan fingerprint density at radius 2 is 2.12 bits per heavy atom. The smallest absolute Gasteiger partial charge is 0.306 e. The molecule has 0 radical (unpaired) electrons. The van der Waals surface area contributed by atoms with Crippen LogP contribution < -0.4 is 5.32 Å². The molecule has 0 bridgehead atoms. The number of ether oxygens (including phenoxy) is 1. The predicted octanol–water partition coefficient (Wildman–Crippen LogP) is 2.36. The molecule has 1 heterocycles. The molecule has 1 rings (SSSR count). The molecular weight excluding hydrogens is 202 g/mol. The van der Waals surface area contributed by atoms with Crippen molar-refractivity contribution in [1.29, 1.82) is 0 Å². The number of carbonyl (C=O) groups excluding carboxylic acids is 1. The molecule has 1 atom stereocenters. The maximum atomic E-state index is 11.6. The van der Waals surface area contributed by atoms with E-state index in [1.54, 1.807) is 0 Å². The number of esters is 1. The van der Waals surface area contributed by atoms with Gasteiger partial charge in [0.15, 0.2) is 0 Å². The van der Waals surface area contributed by atoms with E-state index in [0.29, 0.717) is 24.9 Å². The highest BCUT2D eigenvalue weighted by molar-refractivity contribution is 5.69. The third-order valence-electron chi connectivity index (χ3n) is 3.22. The Balaban J connectivity index is 2.10. The van der Waals surface area contributed by atoms with Crippen LogP contribution in [0.1, 0.15) is 46.0 Å². The van der Waals surface area contributed by atoms with Crippen molar-refractivity contribution in [2.24, 2.45) is 11.8 Å². The maximum absolute atomic E-state index is 11.6. The number of hydrogen-bond donors (Lipinski definition) is 1. The molecule has 0 aromatic rings. The predicted molar refractivity (Wildman–Crippen MR) is 65.2 cm³/mol. The van der Waals surface area contributed by atoms with Gasteiger partial charge in [-0.3, -0.25) is 4.79 Å². The molecule has 0 aromatic heterocycles. The van der Waals surface area contributed by atoms with Crippen LogP contribution in [0.5, 0.6) is 0 Å². The molecule has 1 fully saturated rings. The second kappa shape index (κ2) is 7.66. The van der Waals surface area contributed by atoms with Crippen molar-refractivity contribution < 1.29 is 9.53 Å². The molecular formula is C13H25NO2. The molecule has 1 unspecified atom stereocenters. The first-order valence-electron chi connectivity index (χ1n) is 6.58. The van der Waals surface area contributed by atoms with E-state index in [9.17, 15) is 4.79 Å². The van der Waals surface area contributed by atoms with Gasteiger partial charge in [-0.05, 0) is 44.2 Å². The Morgan fingerprint density at radius 3 is 2.75 bits per heavy atom. The van der Waals surface area contributed by atoms with Crippen molar-refractivity contribution in [3.8, 4) is 0 Å². The number of carbonyl (C=O) groups is 1. The van der Waals surface area contributed by atoms with Crippen LogP contribution in [0.2, 0.25) is 0 Å². The quantitative estimate of drug-likeness (QED) is 0.708. The monoisotopic (exact) mass is 227 g/mol. The van der Waals surface area contributed by atoms with Crippen molar-refractivity contribution >= 4 is 5.97 Å². The first-order valence-corrected chi connectivity index (χ1v) is 6.58. The summed E-state index contributed by atoms with van der Waals surface area (Å²) in [7, 11) is 0. The van der Waals surface area contributed by atoms with Crippen molar-refractivity contribution in [2.45, 2.75) is 46.0 Å². The van der Waals surface area contributed by atoms with E-state index in [1.165, 1.54) is 0 Å². The topological polar surface area (TPSA) is 38.3 Å². The van der Waals surface area contributed by atoms with E-state index in [-0.39, 0.29) is 5.97 Å². The number of nitrogens with one attached hydrogen (secondary N) is 1. The number of piperidine rings is 1. The number of hydrogen-bond acceptors (Lipinski definition) is 3. The van der Waals surface area contributed by atoms with E-state index in [0.717, 1.165) is 38.8 Å². The third kappa shape index (κ3) is 5.50. The zero-order valence-corrected chi connectivity index (χ0v) is 10.6. The second-order valence-corrected chi connectivity index (χ2v) is 4.97. The SMILES string of the molecule is CCCC(C)COC(=O)CC1CCNCC1. The van der Waals surface area contributed by atoms with Gasteiger partial charge in [-0.2, -0.15) is 0 Å². The first kappa shape index (κ1) is 13.5. The summed E-state index contributed by atoms with van der Waals surface area (Å²) in [6, 6.07) is 0. The molecule has 94 valence electrons. The fraction of sp³-hybridized carbons (Fsp3) is 0.923. The molecule has 0 saturated carbocycles. The fourth-order valence-electron chi connectivity index (χ4n) is 2.19. The lowest BCUT2D eigenvalue weighted by molar-refractivity contribution is -0.146. The summed E-state index contributed by atoms with van der Waals surface area (Å²) in [5.74, 6) is 1.03. The van der Waals surface area contributed by atoms with E-state index < -0.39 is 0 Å². The van der Waals surface area contributed by atoms with Gasteiger partial charge >= 0.3 is 5.97 Å². The lowest BCUT2D eigenvalue weighted by Crippen LogP contribution is -2.29. The maximum Gasteiger partial charge on any atom is 0.306 e. The average molecular weight is 227 g/mol. The Hall–Kier alpha value is -0.570. The minimum atomic E-state index is -0.00477. The lowest BCUT2D eigenvalue weighted by atomic mass is 9.95. The minimum Gasteiger partial charge on any atom is -0.465 e. The molecule has 1 aliphatic rings. The van der Waals surface area contributed by atoms with Crippen molar-refractivity contribution in [3.63, 3.8) is 0 Å². The summed E-state index contributed by atoms with van der Waals surface area (Å²) in [6.07, 6.45) is 5.13. The highest BCUT2D eigenvalue weighted by Crippen LogP contribution is 2.16. The van der Waals surface area contributed by atoms with Crippen LogP contribution in [0.25, 0.3) is 0 Å². The van der Waals surface area contributed by atoms with Gasteiger partial charge in [-0.25, -0.2) is 0 Å². The van der Waals surface area contributed by atoms with Gasteiger partial charge < -0.3 is 10.1 Å². The fourth-order valence-corrected chi connectivity index (χ4v) is 2.19. The molecule has 0 aliphatic carbocycles. The Bertz CT molecular complexity index is 200. The van der Waals surface area contributed by atoms with Crippen LogP contribution in [0, 0.1) is 11.8 Å². The summed E-state index contributed by atoms with van der Waals surface area (Å²) in [4.78, 5) is 11.6. The summed E-state index contributed by atoms with van der Waals surface area (Å²) in [6.45, 7) is 6.99. The normalized spacial score (nSPS) is 19.4. The van der Waals surface area contributed by atoms with Crippen LogP contribution in [-0.4, -0.2) is 25.7 Å². The summed E-state index contributed by atoms with van der Waals surface area (Å²) < 4.78 is 5.30. The second-order valence-electron chi connectivity index (χ2n) is 4.97. The van der Waals surface area contributed by atoms with Crippen LogP contribution in [0.3, 0.4) is 0 Å². The molecule has 1 N–H and O–H groups in total. The van der Waals surface area contributed by atoms with Gasteiger partial charge in [0, 0.05) is 6.42 Å². The minimum absolute atomic E-state index is 0.00477. The first-order chi connectivity index (χ1) is 7.72. The third-order valence-corrected chi connectivity index (χ3v) is 3.22. The van der Waals surface area contributed by atoms with E-state index in [2.05, 4.69) is 19.2 Å². The van der Waals surface area contributed by atoms with Crippen molar-refractivity contribution in [2.75, 3.05) is 19.7 Å². The van der Waals surface area contributed by atoms with Gasteiger partial charge in [0.05, 0.1) is 6.61 Å². The summed E-state index contributed by atoms with van der Waals surface area (Å²) >= 11 is 0. The van der Waals surface area contributed by atoms with Crippen LogP contribution in [0.15, 0.2) is 0 Å².